The zero-order chi connectivity index (χ0) is 22.1. The van der Waals surface area contributed by atoms with Gasteiger partial charge < -0.3 is 10.2 Å². The van der Waals surface area contributed by atoms with Gasteiger partial charge in [0.25, 0.3) is 5.91 Å². The molecule has 2 heterocycles. The van der Waals surface area contributed by atoms with E-state index in [0.717, 1.165) is 37.5 Å². The molecule has 30 heavy (non-hydrogen) atoms. The van der Waals surface area contributed by atoms with Gasteiger partial charge in [-0.1, -0.05) is 0 Å². The molecular weight excluding hydrogens is 412 g/mol. The average Bonchev–Trinajstić information content (AvgIpc) is 2.67. The van der Waals surface area contributed by atoms with E-state index < -0.39 is 29.5 Å². The maximum atomic E-state index is 13.2. The van der Waals surface area contributed by atoms with Gasteiger partial charge in [0.1, 0.15) is 5.69 Å². The number of benzene rings is 1. The molecule has 1 amide bonds. The molecule has 1 N–H and O–H groups in total. The van der Waals surface area contributed by atoms with Crippen LogP contribution in [-0.4, -0.2) is 24.0 Å². The summed E-state index contributed by atoms with van der Waals surface area (Å²) >= 11 is 0. The van der Waals surface area contributed by atoms with Crippen molar-refractivity contribution in [3.05, 3.63) is 52.8 Å². The van der Waals surface area contributed by atoms with E-state index in [-0.39, 0.29) is 16.9 Å². The van der Waals surface area contributed by atoms with E-state index in [0.29, 0.717) is 24.8 Å². The van der Waals surface area contributed by atoms with Crippen LogP contribution in [0.1, 0.15) is 46.6 Å². The summed E-state index contributed by atoms with van der Waals surface area (Å²) in [7, 11) is 0. The predicted molar refractivity (Wildman–Crippen MR) is 99.4 cm³/mol. The maximum absolute atomic E-state index is 13.2. The second kappa shape index (κ2) is 8.16. The van der Waals surface area contributed by atoms with Crippen LogP contribution in [0.3, 0.4) is 0 Å². The van der Waals surface area contributed by atoms with Crippen LogP contribution in [0.2, 0.25) is 0 Å². The first kappa shape index (κ1) is 21.9. The Kier molecular flexibility index (Phi) is 5.96. The predicted octanol–water partition coefficient (Wildman–Crippen LogP) is 5.67. The summed E-state index contributed by atoms with van der Waals surface area (Å²) < 4.78 is 77.9. The van der Waals surface area contributed by atoms with Crippen LogP contribution in [0, 0.1) is 6.92 Å². The van der Waals surface area contributed by atoms with Gasteiger partial charge in [0.15, 0.2) is 0 Å². The van der Waals surface area contributed by atoms with Gasteiger partial charge in [0.2, 0.25) is 0 Å². The molecule has 4 nitrogen and oxygen atoms in total. The van der Waals surface area contributed by atoms with Crippen molar-refractivity contribution in [1.82, 2.24) is 4.98 Å². The van der Waals surface area contributed by atoms with Crippen LogP contribution in [-0.2, 0) is 12.4 Å². The summed E-state index contributed by atoms with van der Waals surface area (Å²) in [6.07, 6.45) is -6.52. The number of aryl methyl sites for hydroxylation is 1. The Morgan fingerprint density at radius 1 is 0.967 bits per heavy atom. The quantitative estimate of drug-likeness (QED) is 0.637. The van der Waals surface area contributed by atoms with E-state index in [4.69, 9.17) is 0 Å². The number of amides is 1. The van der Waals surface area contributed by atoms with Gasteiger partial charge in [-0.2, -0.15) is 26.3 Å². The number of pyridine rings is 1. The lowest BCUT2D eigenvalue weighted by Gasteiger charge is -2.31. The van der Waals surface area contributed by atoms with Crippen LogP contribution >= 0.6 is 0 Å². The van der Waals surface area contributed by atoms with E-state index in [2.05, 4.69) is 10.3 Å². The fourth-order valence-corrected chi connectivity index (χ4v) is 3.37. The number of nitrogens with one attached hydrogen (secondary N) is 1. The highest BCUT2D eigenvalue weighted by atomic mass is 19.4. The Hall–Kier alpha value is -2.78. The molecule has 1 saturated heterocycles. The molecule has 0 spiro atoms. The summed E-state index contributed by atoms with van der Waals surface area (Å²) in [5, 5.41) is 2.43. The summed E-state index contributed by atoms with van der Waals surface area (Å²) in [6.45, 7) is 2.51. The van der Waals surface area contributed by atoms with Crippen molar-refractivity contribution in [3.8, 4) is 0 Å². The normalized spacial score (nSPS) is 15.2. The Morgan fingerprint density at radius 2 is 1.63 bits per heavy atom. The number of carbonyl (C=O) groups is 1. The molecule has 1 fully saturated rings. The zero-order valence-electron chi connectivity index (χ0n) is 16.0. The van der Waals surface area contributed by atoms with Gasteiger partial charge in [0.05, 0.1) is 28.2 Å². The molecule has 1 aliphatic heterocycles. The Morgan fingerprint density at radius 3 is 2.20 bits per heavy atom. The van der Waals surface area contributed by atoms with Crippen LogP contribution in [0.5, 0.6) is 0 Å². The number of anilines is 2. The first-order valence-corrected chi connectivity index (χ1v) is 9.29. The van der Waals surface area contributed by atoms with Crippen molar-refractivity contribution in [2.75, 3.05) is 23.3 Å². The summed E-state index contributed by atoms with van der Waals surface area (Å²) in [5.41, 5.74) is -2.01. The number of hydrogen-bond acceptors (Lipinski definition) is 3. The van der Waals surface area contributed by atoms with Crippen molar-refractivity contribution in [1.29, 1.82) is 0 Å². The van der Waals surface area contributed by atoms with Gasteiger partial charge in [-0.25, -0.2) is 4.98 Å². The fourth-order valence-electron chi connectivity index (χ4n) is 3.37. The molecule has 10 heteroatoms. The molecule has 0 aliphatic carbocycles. The van der Waals surface area contributed by atoms with Gasteiger partial charge >= 0.3 is 12.4 Å². The monoisotopic (exact) mass is 431 g/mol. The molecule has 0 radical (unpaired) electrons. The number of nitrogens with zero attached hydrogens (tertiary/aromatic N) is 2. The first-order chi connectivity index (χ1) is 14.0. The van der Waals surface area contributed by atoms with Crippen molar-refractivity contribution in [2.24, 2.45) is 0 Å². The van der Waals surface area contributed by atoms with Gasteiger partial charge in [-0.3, -0.25) is 4.79 Å². The van der Waals surface area contributed by atoms with E-state index in [1.165, 1.54) is 13.0 Å². The number of aromatic nitrogens is 1. The molecule has 0 bridgehead atoms. The third kappa shape index (κ3) is 4.85. The molecule has 0 unspecified atom stereocenters. The topological polar surface area (TPSA) is 45.2 Å². The van der Waals surface area contributed by atoms with Crippen LogP contribution < -0.4 is 10.2 Å². The number of alkyl halides is 6. The summed E-state index contributed by atoms with van der Waals surface area (Å²) in [5.74, 6) is -0.827. The van der Waals surface area contributed by atoms with E-state index in [1.54, 1.807) is 0 Å². The van der Waals surface area contributed by atoms with Crippen LogP contribution in [0.4, 0.5) is 37.7 Å². The highest BCUT2D eigenvalue weighted by Crippen LogP contribution is 2.37. The zero-order valence-corrected chi connectivity index (χ0v) is 16.0. The van der Waals surface area contributed by atoms with E-state index in [9.17, 15) is 31.1 Å². The van der Waals surface area contributed by atoms with Gasteiger partial charge in [0, 0.05) is 13.1 Å². The summed E-state index contributed by atoms with van der Waals surface area (Å²) in [6, 6.07) is 4.73. The van der Waals surface area contributed by atoms with Gasteiger partial charge in [-0.15, -0.1) is 0 Å². The maximum Gasteiger partial charge on any atom is 0.433 e. The number of piperidine rings is 1. The van der Waals surface area contributed by atoms with Crippen molar-refractivity contribution >= 4 is 17.3 Å². The SMILES string of the molecule is Cc1nc(C(F)(F)F)ccc1C(=O)Nc1cc(C(F)(F)F)ccc1N1CCCCC1. The van der Waals surface area contributed by atoms with E-state index >= 15 is 0 Å². The molecule has 1 aliphatic rings. The number of halogens is 6. The van der Waals surface area contributed by atoms with Crippen molar-refractivity contribution < 1.29 is 31.1 Å². The average molecular weight is 431 g/mol. The Bertz CT molecular complexity index is 933. The Labute approximate surface area is 168 Å². The molecule has 162 valence electrons. The molecule has 0 atom stereocenters. The van der Waals surface area contributed by atoms with Crippen molar-refractivity contribution in [2.45, 2.75) is 38.5 Å². The third-order valence-electron chi connectivity index (χ3n) is 4.89. The van der Waals surface area contributed by atoms with Crippen LogP contribution in [0.25, 0.3) is 0 Å². The molecule has 0 saturated carbocycles. The molecule has 1 aromatic heterocycles. The van der Waals surface area contributed by atoms with Gasteiger partial charge in [-0.05, 0) is 56.5 Å². The standard InChI is InChI=1S/C20H19F6N3O/c1-12-14(6-8-17(27-12)20(24,25)26)18(30)28-15-11-13(19(21,22)23)5-7-16(15)29-9-3-2-4-10-29/h5-8,11H,2-4,9-10H2,1H3,(H,28,30). The van der Waals surface area contributed by atoms with E-state index in [1.807, 2.05) is 4.90 Å². The molecule has 3 rings (SSSR count). The molecule has 1 aromatic carbocycles. The fraction of sp³-hybridized carbons (Fsp3) is 0.400. The van der Waals surface area contributed by atoms with Crippen molar-refractivity contribution in [3.63, 3.8) is 0 Å². The molecule has 2 aromatic rings. The highest BCUT2D eigenvalue weighted by molar-refractivity contribution is 6.06. The third-order valence-corrected chi connectivity index (χ3v) is 4.89. The second-order valence-electron chi connectivity index (χ2n) is 7.06. The Balaban J connectivity index is 1.94. The number of carbonyl (C=O) groups excluding carboxylic acids is 1. The highest BCUT2D eigenvalue weighted by Gasteiger charge is 2.34. The first-order valence-electron chi connectivity index (χ1n) is 9.29. The number of rotatable bonds is 3. The largest absolute Gasteiger partial charge is 0.433 e. The lowest BCUT2D eigenvalue weighted by molar-refractivity contribution is -0.141. The summed E-state index contributed by atoms with van der Waals surface area (Å²) in [4.78, 5) is 17.9. The lowest BCUT2D eigenvalue weighted by Crippen LogP contribution is -2.30. The number of hydrogen-bond donors (Lipinski definition) is 1. The second-order valence-corrected chi connectivity index (χ2v) is 7.06. The molecular formula is C20H19F6N3O. The minimum atomic E-state index is -4.66. The minimum absolute atomic E-state index is 0.0453. The minimum Gasteiger partial charge on any atom is -0.370 e. The van der Waals surface area contributed by atoms with Crippen LogP contribution in [0.15, 0.2) is 30.3 Å². The lowest BCUT2D eigenvalue weighted by atomic mass is 10.1. The smallest absolute Gasteiger partial charge is 0.370 e.